The van der Waals surface area contributed by atoms with Gasteiger partial charge in [-0.1, -0.05) is 0 Å². The molecule has 0 amide bonds. The first-order valence-electron chi connectivity index (χ1n) is 2.57. The SMILES string of the molecule is O=[N+]([O-])c1nc(F)ccc1I. The van der Waals surface area contributed by atoms with Crippen LogP contribution >= 0.6 is 22.6 Å². The molecule has 0 unspecified atom stereocenters. The summed E-state index contributed by atoms with van der Waals surface area (Å²) >= 11 is 1.72. The second-order valence-electron chi connectivity index (χ2n) is 1.70. The molecule has 6 heteroatoms. The second-order valence-corrected chi connectivity index (χ2v) is 2.86. The molecule has 0 radical (unpaired) electrons. The summed E-state index contributed by atoms with van der Waals surface area (Å²) in [5, 5.41) is 10.1. The van der Waals surface area contributed by atoms with Gasteiger partial charge in [0.1, 0.15) is 3.57 Å². The number of hydrogen-bond acceptors (Lipinski definition) is 3. The topological polar surface area (TPSA) is 56.0 Å². The summed E-state index contributed by atoms with van der Waals surface area (Å²) in [6.45, 7) is 0. The van der Waals surface area contributed by atoms with E-state index in [9.17, 15) is 14.5 Å². The van der Waals surface area contributed by atoms with E-state index in [-0.39, 0.29) is 0 Å². The van der Waals surface area contributed by atoms with Gasteiger partial charge in [-0.3, -0.25) is 0 Å². The summed E-state index contributed by atoms with van der Waals surface area (Å²) in [4.78, 5) is 12.5. The largest absolute Gasteiger partial charge is 0.380 e. The smallest absolute Gasteiger partial charge is 0.358 e. The zero-order chi connectivity index (χ0) is 8.43. The minimum Gasteiger partial charge on any atom is -0.358 e. The van der Waals surface area contributed by atoms with Crippen LogP contribution in [0.15, 0.2) is 12.1 Å². The second kappa shape index (κ2) is 3.07. The van der Waals surface area contributed by atoms with Crippen LogP contribution in [-0.2, 0) is 0 Å². The molecule has 0 saturated carbocycles. The lowest BCUT2D eigenvalue weighted by Crippen LogP contribution is -1.96. The average molecular weight is 268 g/mol. The summed E-state index contributed by atoms with van der Waals surface area (Å²) < 4.78 is 12.6. The third-order valence-corrected chi connectivity index (χ3v) is 1.81. The first kappa shape index (κ1) is 8.31. The fourth-order valence-electron chi connectivity index (χ4n) is 0.536. The first-order chi connectivity index (χ1) is 5.11. The van der Waals surface area contributed by atoms with Crippen LogP contribution in [0.2, 0.25) is 0 Å². The van der Waals surface area contributed by atoms with Crippen molar-refractivity contribution >= 4 is 28.4 Å². The molecule has 58 valence electrons. The third-order valence-electron chi connectivity index (χ3n) is 0.966. The van der Waals surface area contributed by atoms with Crippen LogP contribution in [0, 0.1) is 19.6 Å². The fourth-order valence-corrected chi connectivity index (χ4v) is 1.03. The van der Waals surface area contributed by atoms with E-state index < -0.39 is 16.7 Å². The molecule has 0 aromatic carbocycles. The Hall–Kier alpha value is -0.790. The van der Waals surface area contributed by atoms with E-state index in [2.05, 4.69) is 4.98 Å². The monoisotopic (exact) mass is 268 g/mol. The minimum atomic E-state index is -0.836. The maximum atomic E-state index is 12.3. The van der Waals surface area contributed by atoms with Crippen molar-refractivity contribution in [3.8, 4) is 0 Å². The molecule has 1 aromatic rings. The number of nitrogens with zero attached hydrogens (tertiary/aromatic N) is 2. The Bertz CT molecular complexity index is 305. The quantitative estimate of drug-likeness (QED) is 0.337. The Morgan fingerprint density at radius 2 is 2.27 bits per heavy atom. The highest BCUT2D eigenvalue weighted by Gasteiger charge is 2.14. The highest BCUT2D eigenvalue weighted by atomic mass is 127. The van der Waals surface area contributed by atoms with Crippen molar-refractivity contribution in [1.82, 2.24) is 4.98 Å². The zero-order valence-electron chi connectivity index (χ0n) is 5.12. The van der Waals surface area contributed by atoms with E-state index >= 15 is 0 Å². The van der Waals surface area contributed by atoms with Crippen molar-refractivity contribution in [2.24, 2.45) is 0 Å². The van der Waals surface area contributed by atoms with E-state index in [1.54, 1.807) is 22.6 Å². The Balaban J connectivity index is 3.23. The predicted octanol–water partition coefficient (Wildman–Crippen LogP) is 1.73. The highest BCUT2D eigenvalue weighted by molar-refractivity contribution is 14.1. The maximum absolute atomic E-state index is 12.3. The van der Waals surface area contributed by atoms with E-state index in [1.165, 1.54) is 6.07 Å². The van der Waals surface area contributed by atoms with Crippen molar-refractivity contribution in [3.05, 3.63) is 31.8 Å². The predicted molar refractivity (Wildman–Crippen MR) is 43.6 cm³/mol. The van der Waals surface area contributed by atoms with Gasteiger partial charge < -0.3 is 10.1 Å². The van der Waals surface area contributed by atoms with Crippen molar-refractivity contribution in [1.29, 1.82) is 0 Å². The summed E-state index contributed by atoms with van der Waals surface area (Å²) in [7, 11) is 0. The first-order valence-corrected chi connectivity index (χ1v) is 3.65. The molecule has 1 heterocycles. The van der Waals surface area contributed by atoms with E-state index in [0.717, 1.165) is 6.07 Å². The molecule has 0 bridgehead atoms. The van der Waals surface area contributed by atoms with Crippen molar-refractivity contribution < 1.29 is 9.31 Å². The van der Waals surface area contributed by atoms with Crippen LogP contribution in [0.5, 0.6) is 0 Å². The number of nitro groups is 1. The molecule has 0 N–H and O–H groups in total. The summed E-state index contributed by atoms with van der Waals surface area (Å²) in [6.07, 6.45) is 0. The van der Waals surface area contributed by atoms with Gasteiger partial charge in [0.05, 0.1) is 0 Å². The van der Waals surface area contributed by atoms with Gasteiger partial charge in [-0.05, 0) is 38.6 Å². The van der Waals surface area contributed by atoms with E-state index in [4.69, 9.17) is 0 Å². The van der Waals surface area contributed by atoms with Crippen molar-refractivity contribution in [2.45, 2.75) is 0 Å². The molecule has 0 spiro atoms. The van der Waals surface area contributed by atoms with Crippen molar-refractivity contribution in [2.75, 3.05) is 0 Å². The summed E-state index contributed by atoms with van der Waals surface area (Å²) in [5.74, 6) is -1.28. The Morgan fingerprint density at radius 1 is 1.64 bits per heavy atom. The van der Waals surface area contributed by atoms with Gasteiger partial charge in [-0.15, -0.1) is 0 Å². The van der Waals surface area contributed by atoms with Gasteiger partial charge in [0.2, 0.25) is 0 Å². The third kappa shape index (κ3) is 1.82. The van der Waals surface area contributed by atoms with Gasteiger partial charge in [0.15, 0.2) is 0 Å². The van der Waals surface area contributed by atoms with Gasteiger partial charge in [0.25, 0.3) is 0 Å². The molecule has 0 atom stereocenters. The fraction of sp³-hybridized carbons (Fsp3) is 0. The highest BCUT2D eigenvalue weighted by Crippen LogP contribution is 2.16. The maximum Gasteiger partial charge on any atom is 0.380 e. The molecular formula is C5H2FIN2O2. The van der Waals surface area contributed by atoms with Gasteiger partial charge >= 0.3 is 11.8 Å². The summed E-state index contributed by atoms with van der Waals surface area (Å²) in [5.41, 5.74) is 0. The van der Waals surface area contributed by atoms with E-state index in [0.29, 0.717) is 3.57 Å². The normalized spacial score (nSPS) is 9.64. The molecule has 11 heavy (non-hydrogen) atoms. The van der Waals surface area contributed by atoms with Crippen molar-refractivity contribution in [3.63, 3.8) is 0 Å². The van der Waals surface area contributed by atoms with Crippen LogP contribution in [-0.4, -0.2) is 9.91 Å². The number of rotatable bonds is 1. The Labute approximate surface area is 74.7 Å². The molecular weight excluding hydrogens is 266 g/mol. The number of hydrogen-bond donors (Lipinski definition) is 0. The lowest BCUT2D eigenvalue weighted by atomic mass is 10.5. The average Bonchev–Trinajstić information content (AvgIpc) is 1.94. The number of pyridine rings is 1. The molecule has 0 saturated heterocycles. The zero-order valence-corrected chi connectivity index (χ0v) is 7.28. The van der Waals surface area contributed by atoms with E-state index in [1.807, 2.05) is 0 Å². The van der Waals surface area contributed by atoms with Gasteiger partial charge in [-0.2, -0.15) is 4.39 Å². The number of aromatic nitrogens is 1. The van der Waals surface area contributed by atoms with Crippen LogP contribution in [0.4, 0.5) is 10.2 Å². The van der Waals surface area contributed by atoms with Crippen LogP contribution in [0.25, 0.3) is 0 Å². The van der Waals surface area contributed by atoms with Crippen LogP contribution in [0.1, 0.15) is 0 Å². The standard InChI is InChI=1S/C5H2FIN2O2/c6-4-2-1-3(7)5(8-4)9(10)11/h1-2H. The van der Waals surface area contributed by atoms with Crippen LogP contribution in [0.3, 0.4) is 0 Å². The molecule has 0 aliphatic rings. The minimum absolute atomic E-state index is 0.328. The van der Waals surface area contributed by atoms with Gasteiger partial charge in [0, 0.05) is 6.07 Å². The lowest BCUT2D eigenvalue weighted by molar-refractivity contribution is -0.390. The number of halogens is 2. The Morgan fingerprint density at radius 3 is 2.73 bits per heavy atom. The molecule has 0 aliphatic heterocycles. The molecule has 1 aromatic heterocycles. The molecule has 4 nitrogen and oxygen atoms in total. The molecule has 1 rings (SSSR count). The van der Waals surface area contributed by atoms with Gasteiger partial charge in [-0.25, -0.2) is 0 Å². The molecule has 0 aliphatic carbocycles. The van der Waals surface area contributed by atoms with Crippen LogP contribution < -0.4 is 0 Å². The summed E-state index contributed by atoms with van der Waals surface area (Å²) in [6, 6.07) is 2.38. The Kier molecular flexibility index (Phi) is 2.32. The lowest BCUT2D eigenvalue weighted by Gasteiger charge is -1.92. The molecule has 0 fully saturated rings.